The predicted octanol–water partition coefficient (Wildman–Crippen LogP) is 2.66. The van der Waals surface area contributed by atoms with Crippen LogP contribution in [-0.4, -0.2) is 30.5 Å². The number of benzene rings is 1. The van der Waals surface area contributed by atoms with Gasteiger partial charge in [-0.25, -0.2) is 0 Å². The highest BCUT2D eigenvalue weighted by Crippen LogP contribution is 2.20. The van der Waals surface area contributed by atoms with Crippen molar-refractivity contribution < 1.29 is 9.84 Å². The van der Waals surface area contributed by atoms with Crippen molar-refractivity contribution in [2.75, 3.05) is 13.2 Å². The molecule has 1 saturated carbocycles. The topological polar surface area (TPSA) is 41.5 Å². The Hall–Kier alpha value is -0.900. The molecule has 1 aliphatic carbocycles. The molecule has 1 aromatic rings. The largest absolute Gasteiger partial charge is 0.389 e. The molecule has 3 heteroatoms. The number of aryl methyl sites for hydroxylation is 1. The van der Waals surface area contributed by atoms with Gasteiger partial charge in [0.15, 0.2) is 0 Å². The molecule has 1 aromatic carbocycles. The molecule has 0 heterocycles. The van der Waals surface area contributed by atoms with E-state index in [1.54, 1.807) is 0 Å². The van der Waals surface area contributed by atoms with Gasteiger partial charge in [0, 0.05) is 13.1 Å². The molecular weight excluding hydrogens is 250 g/mol. The number of hydrogen-bond donors (Lipinski definition) is 2. The Morgan fingerprint density at radius 3 is 2.50 bits per heavy atom. The van der Waals surface area contributed by atoms with Gasteiger partial charge in [0.25, 0.3) is 0 Å². The van der Waals surface area contributed by atoms with E-state index in [0.717, 1.165) is 25.8 Å². The zero-order chi connectivity index (χ0) is 14.2. The van der Waals surface area contributed by atoms with Crippen molar-refractivity contribution in [3.63, 3.8) is 0 Å². The molecule has 0 radical (unpaired) electrons. The zero-order valence-electron chi connectivity index (χ0n) is 12.5. The van der Waals surface area contributed by atoms with E-state index in [9.17, 15) is 5.11 Å². The van der Waals surface area contributed by atoms with Crippen LogP contribution in [0.25, 0.3) is 0 Å². The maximum atomic E-state index is 9.88. The minimum atomic E-state index is -0.412. The first-order valence-corrected chi connectivity index (χ1v) is 7.86. The fourth-order valence-corrected chi connectivity index (χ4v) is 2.64. The highest BCUT2D eigenvalue weighted by atomic mass is 16.5. The highest BCUT2D eigenvalue weighted by Gasteiger charge is 2.16. The normalized spacial score (nSPS) is 17.5. The Morgan fingerprint density at radius 2 is 1.85 bits per heavy atom. The smallest absolute Gasteiger partial charge is 0.0897 e. The van der Waals surface area contributed by atoms with Gasteiger partial charge in [-0.3, -0.25) is 0 Å². The van der Waals surface area contributed by atoms with E-state index < -0.39 is 6.10 Å². The van der Waals surface area contributed by atoms with Gasteiger partial charge in [0.1, 0.15) is 0 Å². The quantitative estimate of drug-likeness (QED) is 0.767. The van der Waals surface area contributed by atoms with Gasteiger partial charge in [0.2, 0.25) is 0 Å². The van der Waals surface area contributed by atoms with Crippen LogP contribution in [0.15, 0.2) is 24.3 Å². The van der Waals surface area contributed by atoms with Crippen LogP contribution in [0.2, 0.25) is 0 Å². The zero-order valence-corrected chi connectivity index (χ0v) is 12.5. The predicted molar refractivity (Wildman–Crippen MR) is 81.7 cm³/mol. The summed E-state index contributed by atoms with van der Waals surface area (Å²) in [6.07, 6.45) is 5.90. The Labute approximate surface area is 122 Å². The molecule has 0 amide bonds. The Morgan fingerprint density at radius 1 is 1.20 bits per heavy atom. The number of aliphatic hydroxyl groups is 1. The fourth-order valence-electron chi connectivity index (χ4n) is 2.64. The highest BCUT2D eigenvalue weighted by molar-refractivity contribution is 5.22. The lowest BCUT2D eigenvalue weighted by atomic mass is 10.1. The summed E-state index contributed by atoms with van der Waals surface area (Å²) < 4.78 is 5.71. The summed E-state index contributed by atoms with van der Waals surface area (Å²) in [6, 6.07) is 8.62. The molecule has 112 valence electrons. The van der Waals surface area contributed by atoms with Gasteiger partial charge in [-0.05, 0) is 30.4 Å². The summed E-state index contributed by atoms with van der Waals surface area (Å²) in [5.74, 6) is 0. The van der Waals surface area contributed by atoms with E-state index in [-0.39, 0.29) is 0 Å². The molecule has 1 fully saturated rings. The SMILES string of the molecule is CCc1ccc(CNCC(O)COC2CCCC2)cc1. The third kappa shape index (κ3) is 5.23. The Balaban J connectivity index is 1.59. The van der Waals surface area contributed by atoms with Crippen molar-refractivity contribution in [3.8, 4) is 0 Å². The van der Waals surface area contributed by atoms with Gasteiger partial charge in [-0.1, -0.05) is 44.0 Å². The maximum Gasteiger partial charge on any atom is 0.0897 e. The second kappa shape index (κ2) is 8.40. The minimum absolute atomic E-state index is 0.381. The van der Waals surface area contributed by atoms with Crippen molar-refractivity contribution in [1.29, 1.82) is 0 Å². The molecule has 1 unspecified atom stereocenters. The van der Waals surface area contributed by atoms with E-state index in [4.69, 9.17) is 4.74 Å². The second-order valence-corrected chi connectivity index (χ2v) is 5.69. The molecular formula is C17H27NO2. The average molecular weight is 277 g/mol. The van der Waals surface area contributed by atoms with Gasteiger partial charge < -0.3 is 15.2 Å². The third-order valence-corrected chi connectivity index (χ3v) is 3.97. The molecule has 0 aliphatic heterocycles. The van der Waals surface area contributed by atoms with Crippen molar-refractivity contribution in [2.24, 2.45) is 0 Å². The van der Waals surface area contributed by atoms with E-state index in [0.29, 0.717) is 19.3 Å². The van der Waals surface area contributed by atoms with Crippen LogP contribution in [0.3, 0.4) is 0 Å². The summed E-state index contributed by atoms with van der Waals surface area (Å²) in [5.41, 5.74) is 2.62. The van der Waals surface area contributed by atoms with E-state index in [2.05, 4.69) is 36.5 Å². The summed E-state index contributed by atoms with van der Waals surface area (Å²) in [7, 11) is 0. The molecule has 0 spiro atoms. The van der Waals surface area contributed by atoms with E-state index in [1.165, 1.54) is 24.0 Å². The van der Waals surface area contributed by atoms with Gasteiger partial charge in [0.05, 0.1) is 18.8 Å². The van der Waals surface area contributed by atoms with Crippen LogP contribution in [0, 0.1) is 0 Å². The van der Waals surface area contributed by atoms with Crippen molar-refractivity contribution in [3.05, 3.63) is 35.4 Å². The van der Waals surface area contributed by atoms with Crippen molar-refractivity contribution in [1.82, 2.24) is 5.32 Å². The van der Waals surface area contributed by atoms with Crippen LogP contribution in [0.5, 0.6) is 0 Å². The number of nitrogens with one attached hydrogen (secondary N) is 1. The lowest BCUT2D eigenvalue weighted by Gasteiger charge is -2.16. The number of ether oxygens (including phenoxy) is 1. The summed E-state index contributed by atoms with van der Waals surface area (Å²) in [5, 5.41) is 13.2. The summed E-state index contributed by atoms with van der Waals surface area (Å²) in [6.45, 7) is 3.99. The average Bonchev–Trinajstić information content (AvgIpc) is 2.99. The monoisotopic (exact) mass is 277 g/mol. The summed E-state index contributed by atoms with van der Waals surface area (Å²) >= 11 is 0. The second-order valence-electron chi connectivity index (χ2n) is 5.69. The number of aliphatic hydroxyl groups excluding tert-OH is 1. The lowest BCUT2D eigenvalue weighted by Crippen LogP contribution is -2.31. The van der Waals surface area contributed by atoms with Gasteiger partial charge in [-0.2, -0.15) is 0 Å². The Kier molecular flexibility index (Phi) is 6.51. The Bertz CT molecular complexity index is 371. The van der Waals surface area contributed by atoms with Crippen molar-refractivity contribution in [2.45, 2.75) is 57.8 Å². The first kappa shape index (κ1) is 15.5. The van der Waals surface area contributed by atoms with Crippen LogP contribution >= 0.6 is 0 Å². The van der Waals surface area contributed by atoms with Crippen molar-refractivity contribution >= 4 is 0 Å². The molecule has 3 nitrogen and oxygen atoms in total. The first-order valence-electron chi connectivity index (χ1n) is 7.86. The third-order valence-electron chi connectivity index (χ3n) is 3.97. The van der Waals surface area contributed by atoms with Crippen LogP contribution in [-0.2, 0) is 17.7 Å². The van der Waals surface area contributed by atoms with E-state index >= 15 is 0 Å². The summed E-state index contributed by atoms with van der Waals surface area (Å²) in [4.78, 5) is 0. The first-order chi connectivity index (χ1) is 9.78. The molecule has 0 aromatic heterocycles. The number of rotatable bonds is 8. The molecule has 20 heavy (non-hydrogen) atoms. The van der Waals surface area contributed by atoms with Crippen LogP contribution in [0.1, 0.15) is 43.7 Å². The van der Waals surface area contributed by atoms with Gasteiger partial charge in [-0.15, -0.1) is 0 Å². The lowest BCUT2D eigenvalue weighted by molar-refractivity contribution is -0.00549. The number of hydrogen-bond acceptors (Lipinski definition) is 3. The molecule has 0 bridgehead atoms. The minimum Gasteiger partial charge on any atom is -0.389 e. The maximum absolute atomic E-state index is 9.88. The van der Waals surface area contributed by atoms with Crippen LogP contribution < -0.4 is 5.32 Å². The van der Waals surface area contributed by atoms with Gasteiger partial charge >= 0.3 is 0 Å². The van der Waals surface area contributed by atoms with Crippen LogP contribution in [0.4, 0.5) is 0 Å². The standard InChI is InChI=1S/C17H27NO2/c1-2-14-7-9-15(10-8-14)11-18-12-16(19)13-20-17-5-3-4-6-17/h7-10,16-19H,2-6,11-13H2,1H3. The molecule has 0 saturated heterocycles. The molecule has 1 aliphatic rings. The fraction of sp³-hybridized carbons (Fsp3) is 0.647. The molecule has 1 atom stereocenters. The van der Waals surface area contributed by atoms with E-state index in [1.807, 2.05) is 0 Å². The molecule has 2 rings (SSSR count). The molecule has 2 N–H and O–H groups in total.